The number of rotatable bonds is 7. The van der Waals surface area contributed by atoms with Crippen molar-refractivity contribution < 1.29 is 29.3 Å². The van der Waals surface area contributed by atoms with Crippen molar-refractivity contribution in [3.05, 3.63) is 82.0 Å². The molecule has 0 aromatic heterocycles. The van der Waals surface area contributed by atoms with Crippen molar-refractivity contribution in [3.8, 4) is 0 Å². The summed E-state index contributed by atoms with van der Waals surface area (Å²) in [6, 6.07) is 9.55. The second-order valence-electron chi connectivity index (χ2n) is 8.37. The van der Waals surface area contributed by atoms with Gasteiger partial charge in [0.15, 0.2) is 11.5 Å². The summed E-state index contributed by atoms with van der Waals surface area (Å²) in [6.45, 7) is 4.11. The smallest absolute Gasteiger partial charge is 0.266 e. The highest BCUT2D eigenvalue weighted by Crippen LogP contribution is 2.41. The van der Waals surface area contributed by atoms with Crippen molar-refractivity contribution in [2.45, 2.75) is 45.4 Å². The third-order valence-electron chi connectivity index (χ3n) is 5.98. The number of aliphatic hydroxyl groups excluding tert-OH is 2. The van der Waals surface area contributed by atoms with E-state index in [2.05, 4.69) is 19.9 Å². The Balaban J connectivity index is 1.95. The first-order valence-electron chi connectivity index (χ1n) is 10.7. The normalized spacial score (nSPS) is 21.4. The van der Waals surface area contributed by atoms with Crippen molar-refractivity contribution >= 4 is 17.3 Å². The SMILES string of the molecule is COC1=C(O)C(=O)C(C(=O)[C@@H]2CC=C(CCC=C(C)C)C[C@H]2c2ccccc2)=C(O)C1=O. The summed E-state index contributed by atoms with van der Waals surface area (Å²) < 4.78 is 4.73. The maximum absolute atomic E-state index is 13.4. The zero-order valence-corrected chi connectivity index (χ0v) is 18.6. The van der Waals surface area contributed by atoms with E-state index in [1.165, 1.54) is 11.1 Å². The predicted molar refractivity (Wildman–Crippen MR) is 120 cm³/mol. The highest BCUT2D eigenvalue weighted by molar-refractivity contribution is 6.34. The Morgan fingerprint density at radius 2 is 1.78 bits per heavy atom. The fourth-order valence-corrected chi connectivity index (χ4v) is 4.32. The molecule has 0 aliphatic heterocycles. The van der Waals surface area contributed by atoms with Gasteiger partial charge < -0.3 is 14.9 Å². The Morgan fingerprint density at radius 1 is 1.09 bits per heavy atom. The number of aliphatic hydroxyl groups is 2. The van der Waals surface area contributed by atoms with Crippen LogP contribution in [0, 0.1) is 5.92 Å². The van der Waals surface area contributed by atoms with Crippen LogP contribution in [0.4, 0.5) is 0 Å². The molecule has 0 unspecified atom stereocenters. The number of benzene rings is 1. The Morgan fingerprint density at radius 3 is 2.41 bits per heavy atom. The summed E-state index contributed by atoms with van der Waals surface area (Å²) in [5.41, 5.74) is 2.76. The highest BCUT2D eigenvalue weighted by atomic mass is 16.5. The molecule has 0 saturated carbocycles. The monoisotopic (exact) mass is 436 g/mol. The largest absolute Gasteiger partial charge is 0.503 e. The number of ether oxygens (including phenoxy) is 1. The van der Waals surface area contributed by atoms with E-state index in [1.54, 1.807) is 0 Å². The number of carbonyl (C=O) groups is 3. The fourth-order valence-electron chi connectivity index (χ4n) is 4.32. The lowest BCUT2D eigenvalue weighted by Gasteiger charge is -2.32. The van der Waals surface area contributed by atoms with Crippen molar-refractivity contribution in [1.29, 1.82) is 0 Å². The minimum Gasteiger partial charge on any atom is -0.503 e. The Bertz CT molecular complexity index is 1050. The Hall–Kier alpha value is -3.41. The average molecular weight is 437 g/mol. The molecule has 0 saturated heterocycles. The van der Waals surface area contributed by atoms with Gasteiger partial charge >= 0.3 is 0 Å². The van der Waals surface area contributed by atoms with E-state index in [0.717, 1.165) is 25.5 Å². The molecule has 0 radical (unpaired) electrons. The van der Waals surface area contributed by atoms with Crippen LogP contribution in [0.25, 0.3) is 0 Å². The summed E-state index contributed by atoms with van der Waals surface area (Å²) in [5, 5.41) is 20.4. The van der Waals surface area contributed by atoms with Crippen molar-refractivity contribution in [3.63, 3.8) is 0 Å². The van der Waals surface area contributed by atoms with Crippen LogP contribution in [-0.2, 0) is 19.1 Å². The number of hydrogen-bond donors (Lipinski definition) is 2. The molecule has 0 spiro atoms. The van der Waals surface area contributed by atoms with Crippen LogP contribution in [0.2, 0.25) is 0 Å². The summed E-state index contributed by atoms with van der Waals surface area (Å²) in [7, 11) is 1.10. The molecule has 0 fully saturated rings. The lowest BCUT2D eigenvalue weighted by Crippen LogP contribution is -2.34. The third kappa shape index (κ3) is 4.59. The molecule has 0 bridgehead atoms. The van der Waals surface area contributed by atoms with Gasteiger partial charge in [-0.1, -0.05) is 53.6 Å². The molecular formula is C26H28O6. The van der Waals surface area contributed by atoms with Crippen LogP contribution < -0.4 is 0 Å². The van der Waals surface area contributed by atoms with Crippen molar-refractivity contribution in [1.82, 2.24) is 0 Å². The summed E-state index contributed by atoms with van der Waals surface area (Å²) in [5.74, 6) is -6.25. The van der Waals surface area contributed by atoms with Crippen LogP contribution in [0.15, 0.2) is 76.5 Å². The second kappa shape index (κ2) is 9.81. The van der Waals surface area contributed by atoms with Crippen molar-refractivity contribution in [2.75, 3.05) is 7.11 Å². The third-order valence-corrected chi connectivity index (χ3v) is 5.98. The van der Waals surface area contributed by atoms with Gasteiger partial charge in [-0.2, -0.15) is 0 Å². The zero-order chi connectivity index (χ0) is 23.4. The molecule has 3 rings (SSSR count). The molecule has 2 atom stereocenters. The Kier molecular flexibility index (Phi) is 7.13. The van der Waals surface area contributed by atoms with Gasteiger partial charge in [0.25, 0.3) is 5.78 Å². The standard InChI is InChI=1S/C26H28O6/c1-15(2)8-7-9-16-12-13-18(19(14-16)17-10-5-4-6-11-17)21(27)20-22(28)24(30)26(32-3)25(31)23(20)29/h4-6,8,10-12,18-19,28,31H,7,9,13-14H2,1-3H3/t18-,19+/m1/s1. The maximum atomic E-state index is 13.4. The molecule has 0 heterocycles. The molecule has 32 heavy (non-hydrogen) atoms. The van der Waals surface area contributed by atoms with Gasteiger partial charge in [-0.05, 0) is 51.0 Å². The summed E-state index contributed by atoms with van der Waals surface area (Å²) in [6.07, 6.45) is 6.99. The van der Waals surface area contributed by atoms with Gasteiger partial charge in [0, 0.05) is 5.92 Å². The molecule has 6 nitrogen and oxygen atoms in total. The van der Waals surface area contributed by atoms with Crippen LogP contribution in [0.1, 0.15) is 51.0 Å². The minimum absolute atomic E-state index is 0.214. The maximum Gasteiger partial charge on any atom is 0.266 e. The van der Waals surface area contributed by atoms with E-state index in [4.69, 9.17) is 4.74 Å². The lowest BCUT2D eigenvalue weighted by atomic mass is 9.71. The molecule has 6 heteroatoms. The van der Waals surface area contributed by atoms with E-state index in [0.29, 0.717) is 12.8 Å². The first kappa shape index (κ1) is 23.3. The van der Waals surface area contributed by atoms with Crippen LogP contribution >= 0.6 is 0 Å². The quantitative estimate of drug-likeness (QED) is 0.362. The average Bonchev–Trinajstić information content (AvgIpc) is 2.78. The van der Waals surface area contributed by atoms with Crippen molar-refractivity contribution in [2.24, 2.45) is 5.92 Å². The number of Topliss-reactive ketones (excluding diaryl/α,β-unsaturated/α-hetero) is 3. The molecule has 168 valence electrons. The van der Waals surface area contributed by atoms with E-state index in [1.807, 2.05) is 36.4 Å². The van der Waals surface area contributed by atoms with E-state index in [9.17, 15) is 24.6 Å². The molecule has 2 aliphatic carbocycles. The van der Waals surface area contributed by atoms with Crippen LogP contribution in [0.3, 0.4) is 0 Å². The van der Waals surface area contributed by atoms with Gasteiger partial charge in [-0.15, -0.1) is 0 Å². The predicted octanol–water partition coefficient (Wildman–Crippen LogP) is 4.80. The number of allylic oxidation sites excluding steroid dienone is 5. The van der Waals surface area contributed by atoms with E-state index in [-0.39, 0.29) is 5.92 Å². The molecule has 1 aromatic carbocycles. The number of carbonyl (C=O) groups excluding carboxylic acids is 3. The molecule has 2 N–H and O–H groups in total. The number of hydrogen-bond acceptors (Lipinski definition) is 6. The summed E-state index contributed by atoms with van der Waals surface area (Å²) >= 11 is 0. The Labute approximate surface area is 187 Å². The van der Waals surface area contributed by atoms with Crippen LogP contribution in [-0.4, -0.2) is 34.7 Å². The molecule has 2 aliphatic rings. The lowest BCUT2D eigenvalue weighted by molar-refractivity contribution is -0.127. The molecule has 0 amide bonds. The van der Waals surface area contributed by atoms with Gasteiger partial charge in [0.2, 0.25) is 17.3 Å². The topological polar surface area (TPSA) is 101 Å². The van der Waals surface area contributed by atoms with Gasteiger partial charge in [0.1, 0.15) is 5.57 Å². The van der Waals surface area contributed by atoms with E-state index < -0.39 is 46.1 Å². The zero-order valence-electron chi connectivity index (χ0n) is 18.6. The fraction of sp³-hybridized carbons (Fsp3) is 0.346. The van der Waals surface area contributed by atoms with Gasteiger partial charge in [-0.3, -0.25) is 14.4 Å². The first-order valence-corrected chi connectivity index (χ1v) is 10.7. The highest BCUT2D eigenvalue weighted by Gasteiger charge is 2.43. The second-order valence-corrected chi connectivity index (χ2v) is 8.37. The minimum atomic E-state index is -1.09. The number of ketones is 3. The van der Waals surface area contributed by atoms with E-state index >= 15 is 0 Å². The number of methoxy groups -OCH3 is 1. The van der Waals surface area contributed by atoms with Crippen LogP contribution in [0.5, 0.6) is 0 Å². The first-order chi connectivity index (χ1) is 15.3. The molecular weight excluding hydrogens is 408 g/mol. The van der Waals surface area contributed by atoms with Gasteiger partial charge in [0.05, 0.1) is 7.11 Å². The van der Waals surface area contributed by atoms with Gasteiger partial charge in [-0.25, -0.2) is 0 Å². The molecule has 1 aromatic rings. The summed E-state index contributed by atoms with van der Waals surface area (Å²) in [4.78, 5) is 38.4.